The van der Waals surface area contributed by atoms with Crippen LogP contribution in [0.15, 0.2) is 59.1 Å². The molecule has 0 saturated heterocycles. The number of H-pyrrole nitrogens is 1. The van der Waals surface area contributed by atoms with E-state index in [1.165, 1.54) is 0 Å². The molecule has 1 aromatic heterocycles. The van der Waals surface area contributed by atoms with Crippen LogP contribution in [0.4, 0.5) is 0 Å². The Labute approximate surface area is 189 Å². The van der Waals surface area contributed by atoms with Gasteiger partial charge in [0.1, 0.15) is 18.2 Å². The van der Waals surface area contributed by atoms with Crippen molar-refractivity contribution < 1.29 is 9.53 Å². The number of imidazole rings is 1. The molecular weight excluding hydrogens is 454 g/mol. The standard InChI is InChI=1S/C25H22BrN3O2/c1-15-11-20(26)5-6-21(15)25(30)29-9-10-31-24-8-4-17(12-19(24)14-29)18-3-7-22-23(13-18)28-16(2)27-22/h3-8,11-13H,9-10,14H2,1-2H3,(H,27,28). The van der Waals surface area contributed by atoms with E-state index in [-0.39, 0.29) is 5.91 Å². The summed E-state index contributed by atoms with van der Waals surface area (Å²) in [5.74, 6) is 1.77. The fourth-order valence-corrected chi connectivity index (χ4v) is 4.58. The van der Waals surface area contributed by atoms with Crippen LogP contribution in [0.25, 0.3) is 22.2 Å². The van der Waals surface area contributed by atoms with Crippen LogP contribution in [0.1, 0.15) is 27.3 Å². The Morgan fingerprint density at radius 1 is 1.06 bits per heavy atom. The van der Waals surface area contributed by atoms with Gasteiger partial charge in [0.25, 0.3) is 5.91 Å². The molecular formula is C25H22BrN3O2. The summed E-state index contributed by atoms with van der Waals surface area (Å²) in [6.45, 7) is 5.47. The Bertz CT molecular complexity index is 1310. The Hall–Kier alpha value is -3.12. The van der Waals surface area contributed by atoms with Gasteiger partial charge in [-0.15, -0.1) is 0 Å². The number of fused-ring (bicyclic) bond motifs is 2. The molecule has 0 radical (unpaired) electrons. The minimum absolute atomic E-state index is 0.0289. The zero-order valence-electron chi connectivity index (χ0n) is 17.4. The molecule has 5 nitrogen and oxygen atoms in total. The van der Waals surface area contributed by atoms with Crippen LogP contribution >= 0.6 is 15.9 Å². The summed E-state index contributed by atoms with van der Waals surface area (Å²) in [7, 11) is 0. The number of ether oxygens (including phenoxy) is 1. The van der Waals surface area contributed by atoms with Crippen molar-refractivity contribution in [3.8, 4) is 16.9 Å². The number of amides is 1. The van der Waals surface area contributed by atoms with Gasteiger partial charge in [-0.3, -0.25) is 4.79 Å². The Morgan fingerprint density at radius 3 is 2.71 bits per heavy atom. The first kappa shape index (κ1) is 19.8. The molecule has 1 amide bonds. The first-order valence-electron chi connectivity index (χ1n) is 10.3. The van der Waals surface area contributed by atoms with Crippen LogP contribution in [0, 0.1) is 13.8 Å². The zero-order chi connectivity index (χ0) is 21.5. The van der Waals surface area contributed by atoms with E-state index in [1.807, 2.05) is 49.1 Å². The first-order chi connectivity index (χ1) is 15.0. The predicted molar refractivity (Wildman–Crippen MR) is 125 cm³/mol. The fraction of sp³-hybridized carbons (Fsp3) is 0.200. The fourth-order valence-electron chi connectivity index (χ4n) is 4.10. The SMILES string of the molecule is Cc1nc2ccc(-c3ccc4c(c3)CN(C(=O)c3ccc(Br)cc3C)CCO4)cc2[nH]1. The van der Waals surface area contributed by atoms with Crippen molar-refractivity contribution in [1.29, 1.82) is 0 Å². The highest BCUT2D eigenvalue weighted by molar-refractivity contribution is 9.10. The van der Waals surface area contributed by atoms with Gasteiger partial charge in [0.2, 0.25) is 0 Å². The number of hydrogen-bond acceptors (Lipinski definition) is 3. The van der Waals surface area contributed by atoms with E-state index in [2.05, 4.69) is 50.2 Å². The van der Waals surface area contributed by atoms with Crippen molar-refractivity contribution in [2.24, 2.45) is 0 Å². The molecule has 0 saturated carbocycles. The highest BCUT2D eigenvalue weighted by Gasteiger charge is 2.22. The van der Waals surface area contributed by atoms with Gasteiger partial charge in [-0.2, -0.15) is 0 Å². The van der Waals surface area contributed by atoms with Crippen LogP contribution in [-0.2, 0) is 6.54 Å². The summed E-state index contributed by atoms with van der Waals surface area (Å²) in [5.41, 5.74) is 6.86. The van der Waals surface area contributed by atoms with Crippen molar-refractivity contribution in [3.05, 3.63) is 81.6 Å². The number of benzene rings is 3. The molecule has 0 atom stereocenters. The van der Waals surface area contributed by atoms with Crippen LogP contribution in [0.3, 0.4) is 0 Å². The molecule has 1 aliphatic heterocycles. The van der Waals surface area contributed by atoms with E-state index in [0.29, 0.717) is 19.7 Å². The quantitative estimate of drug-likeness (QED) is 0.407. The average Bonchev–Trinajstić information content (AvgIpc) is 2.98. The second-order valence-corrected chi connectivity index (χ2v) is 8.83. The van der Waals surface area contributed by atoms with Crippen molar-refractivity contribution >= 4 is 32.9 Å². The van der Waals surface area contributed by atoms with Crippen LogP contribution in [0.2, 0.25) is 0 Å². The molecule has 5 rings (SSSR count). The number of aromatic amines is 1. The van der Waals surface area contributed by atoms with Crippen LogP contribution < -0.4 is 4.74 Å². The van der Waals surface area contributed by atoms with Gasteiger partial charge < -0.3 is 14.6 Å². The van der Waals surface area contributed by atoms with Gasteiger partial charge in [-0.25, -0.2) is 4.98 Å². The van der Waals surface area contributed by atoms with Crippen molar-refractivity contribution in [1.82, 2.24) is 14.9 Å². The number of nitrogens with zero attached hydrogens (tertiary/aromatic N) is 2. The predicted octanol–water partition coefficient (Wildman–Crippen LogP) is 5.64. The minimum Gasteiger partial charge on any atom is -0.491 e. The molecule has 0 unspecified atom stereocenters. The van der Waals surface area contributed by atoms with Crippen molar-refractivity contribution in [3.63, 3.8) is 0 Å². The van der Waals surface area contributed by atoms with E-state index in [9.17, 15) is 4.79 Å². The van der Waals surface area contributed by atoms with Gasteiger partial charge in [-0.1, -0.05) is 28.1 Å². The second-order valence-electron chi connectivity index (χ2n) is 7.91. The second kappa shape index (κ2) is 7.85. The molecule has 3 aromatic carbocycles. The Balaban J connectivity index is 1.47. The first-order valence-corrected chi connectivity index (χ1v) is 11.0. The molecule has 1 N–H and O–H groups in total. The number of aryl methyl sites for hydroxylation is 2. The van der Waals surface area contributed by atoms with E-state index >= 15 is 0 Å². The number of aromatic nitrogens is 2. The average molecular weight is 476 g/mol. The summed E-state index contributed by atoms with van der Waals surface area (Å²) < 4.78 is 6.93. The summed E-state index contributed by atoms with van der Waals surface area (Å²) >= 11 is 3.47. The zero-order valence-corrected chi connectivity index (χ0v) is 19.0. The van der Waals surface area contributed by atoms with E-state index in [4.69, 9.17) is 4.74 Å². The maximum Gasteiger partial charge on any atom is 0.254 e. The third kappa shape index (κ3) is 3.83. The number of rotatable bonds is 2. The molecule has 0 bridgehead atoms. The molecule has 0 aliphatic carbocycles. The lowest BCUT2D eigenvalue weighted by Gasteiger charge is -2.21. The Morgan fingerprint density at radius 2 is 1.87 bits per heavy atom. The lowest BCUT2D eigenvalue weighted by atomic mass is 10.0. The minimum atomic E-state index is 0.0289. The number of hydrogen-bond donors (Lipinski definition) is 1. The van der Waals surface area contributed by atoms with E-state index < -0.39 is 0 Å². The Kier molecular flexibility index (Phi) is 5.02. The topological polar surface area (TPSA) is 58.2 Å². The monoisotopic (exact) mass is 475 g/mol. The van der Waals surface area contributed by atoms with Gasteiger partial charge >= 0.3 is 0 Å². The summed E-state index contributed by atoms with van der Waals surface area (Å²) in [5, 5.41) is 0. The lowest BCUT2D eigenvalue weighted by molar-refractivity contribution is 0.0732. The molecule has 2 heterocycles. The summed E-state index contributed by atoms with van der Waals surface area (Å²) in [6.07, 6.45) is 0. The molecule has 4 aromatic rings. The third-order valence-corrected chi connectivity index (χ3v) is 6.17. The molecule has 0 fully saturated rings. The number of carbonyl (C=O) groups excluding carboxylic acids is 1. The normalized spacial score (nSPS) is 13.6. The third-order valence-electron chi connectivity index (χ3n) is 5.68. The maximum atomic E-state index is 13.2. The summed E-state index contributed by atoms with van der Waals surface area (Å²) in [4.78, 5) is 22.9. The number of nitrogens with one attached hydrogen (secondary N) is 1. The molecule has 31 heavy (non-hydrogen) atoms. The maximum absolute atomic E-state index is 13.2. The molecule has 156 valence electrons. The largest absolute Gasteiger partial charge is 0.491 e. The lowest BCUT2D eigenvalue weighted by Crippen LogP contribution is -2.32. The van der Waals surface area contributed by atoms with Crippen LogP contribution in [0.5, 0.6) is 5.75 Å². The van der Waals surface area contributed by atoms with Gasteiger partial charge in [0, 0.05) is 22.1 Å². The highest BCUT2D eigenvalue weighted by atomic mass is 79.9. The molecule has 1 aliphatic rings. The summed E-state index contributed by atoms with van der Waals surface area (Å²) in [6, 6.07) is 18.2. The smallest absolute Gasteiger partial charge is 0.254 e. The van der Waals surface area contributed by atoms with Crippen molar-refractivity contribution in [2.75, 3.05) is 13.2 Å². The van der Waals surface area contributed by atoms with Gasteiger partial charge in [-0.05, 0) is 73.0 Å². The van der Waals surface area contributed by atoms with E-state index in [0.717, 1.165) is 54.9 Å². The van der Waals surface area contributed by atoms with Gasteiger partial charge in [0.15, 0.2) is 0 Å². The number of carbonyl (C=O) groups is 1. The molecule has 6 heteroatoms. The van der Waals surface area contributed by atoms with Crippen LogP contribution in [-0.4, -0.2) is 33.9 Å². The highest BCUT2D eigenvalue weighted by Crippen LogP contribution is 2.31. The van der Waals surface area contributed by atoms with Gasteiger partial charge in [0.05, 0.1) is 17.6 Å². The van der Waals surface area contributed by atoms with Crippen molar-refractivity contribution in [2.45, 2.75) is 20.4 Å². The number of halogens is 1. The van der Waals surface area contributed by atoms with E-state index in [1.54, 1.807) is 0 Å². The molecule has 0 spiro atoms.